The summed E-state index contributed by atoms with van der Waals surface area (Å²) < 4.78 is 10.9. The van der Waals surface area contributed by atoms with E-state index in [1.807, 2.05) is 12.1 Å². The Balaban J connectivity index is 1.49. The number of pyridine rings is 1. The van der Waals surface area contributed by atoms with E-state index in [2.05, 4.69) is 24.1 Å². The van der Waals surface area contributed by atoms with Crippen LogP contribution in [-0.2, 0) is 16.0 Å². The number of aryl methyl sites for hydroxylation is 1. The lowest BCUT2D eigenvalue weighted by atomic mass is 9.99. The summed E-state index contributed by atoms with van der Waals surface area (Å²) in [5.74, 6) is 0.581. The lowest BCUT2D eigenvalue weighted by molar-refractivity contribution is -0.277. The summed E-state index contributed by atoms with van der Waals surface area (Å²) in [4.78, 5) is 16.5. The third-order valence-electron chi connectivity index (χ3n) is 5.33. The molecule has 0 spiro atoms. The number of hydrogen-bond acceptors (Lipinski definition) is 8. The fraction of sp³-hybridized carbons (Fsp3) is 0.478. The summed E-state index contributed by atoms with van der Waals surface area (Å²) in [5.41, 5.74) is 2.53. The van der Waals surface area contributed by atoms with Crippen molar-refractivity contribution in [1.82, 2.24) is 4.98 Å². The summed E-state index contributed by atoms with van der Waals surface area (Å²) >= 11 is 0. The van der Waals surface area contributed by atoms with Crippen LogP contribution in [0.15, 0.2) is 42.6 Å². The SMILES string of the molecule is CC(C)c1ccc(NC(=O)CCc2ccc(OC3OC(CO)C(O)C(O)C3O)cc2)cn1. The number of hydrogen-bond donors (Lipinski definition) is 5. The highest BCUT2D eigenvalue weighted by Crippen LogP contribution is 2.24. The standard InChI is InChI=1S/C23H30N2O7/c1-13(2)17-9-6-15(11-24-17)25-19(27)10-5-14-3-7-16(8-4-14)31-23-22(30)21(29)20(28)18(12-26)32-23/h3-4,6-9,11,13,18,20-23,26,28-30H,5,10,12H2,1-2H3,(H,25,27). The summed E-state index contributed by atoms with van der Waals surface area (Å²) in [5, 5.41) is 41.8. The van der Waals surface area contributed by atoms with Crippen molar-refractivity contribution in [1.29, 1.82) is 0 Å². The predicted molar refractivity (Wildman–Crippen MR) is 116 cm³/mol. The van der Waals surface area contributed by atoms with E-state index < -0.39 is 37.3 Å². The molecule has 32 heavy (non-hydrogen) atoms. The zero-order chi connectivity index (χ0) is 23.3. The molecule has 0 radical (unpaired) electrons. The Hall–Kier alpha value is -2.56. The zero-order valence-corrected chi connectivity index (χ0v) is 18.1. The van der Waals surface area contributed by atoms with Crippen LogP contribution < -0.4 is 10.1 Å². The number of benzene rings is 1. The summed E-state index contributed by atoms with van der Waals surface area (Å²) in [6.07, 6.45) is -4.22. The fourth-order valence-corrected chi connectivity index (χ4v) is 3.34. The number of aromatic nitrogens is 1. The van der Waals surface area contributed by atoms with Gasteiger partial charge in [-0.15, -0.1) is 0 Å². The number of anilines is 1. The number of amides is 1. The number of nitrogens with one attached hydrogen (secondary N) is 1. The molecule has 1 aromatic heterocycles. The molecule has 1 aromatic carbocycles. The van der Waals surface area contributed by atoms with E-state index in [0.717, 1.165) is 11.3 Å². The first-order valence-corrected chi connectivity index (χ1v) is 10.6. The molecule has 0 bridgehead atoms. The van der Waals surface area contributed by atoms with Gasteiger partial charge < -0.3 is 35.2 Å². The van der Waals surface area contributed by atoms with Crippen LogP contribution in [0.5, 0.6) is 5.75 Å². The van der Waals surface area contributed by atoms with Crippen molar-refractivity contribution in [3.8, 4) is 5.75 Å². The third-order valence-corrected chi connectivity index (χ3v) is 5.33. The van der Waals surface area contributed by atoms with E-state index in [1.165, 1.54) is 0 Å². The maximum Gasteiger partial charge on any atom is 0.229 e. The largest absolute Gasteiger partial charge is 0.462 e. The molecule has 2 aromatic rings. The molecule has 1 amide bonds. The zero-order valence-electron chi connectivity index (χ0n) is 18.1. The Labute approximate surface area is 186 Å². The Kier molecular flexibility index (Phi) is 8.16. The molecular formula is C23H30N2O7. The number of ether oxygens (including phenoxy) is 2. The molecule has 9 nitrogen and oxygen atoms in total. The molecule has 0 aliphatic carbocycles. The van der Waals surface area contributed by atoms with Gasteiger partial charge in [-0.3, -0.25) is 9.78 Å². The van der Waals surface area contributed by atoms with Gasteiger partial charge in [0.05, 0.1) is 18.5 Å². The third kappa shape index (κ3) is 6.02. The van der Waals surface area contributed by atoms with Gasteiger partial charge in [-0.1, -0.05) is 26.0 Å². The molecule has 174 valence electrons. The number of aliphatic hydroxyl groups is 4. The van der Waals surface area contributed by atoms with Gasteiger partial charge >= 0.3 is 0 Å². The molecule has 0 saturated carbocycles. The number of nitrogens with zero attached hydrogens (tertiary/aromatic N) is 1. The highest BCUT2D eigenvalue weighted by Gasteiger charge is 2.44. The number of carbonyl (C=O) groups excluding carboxylic acids is 1. The first-order valence-electron chi connectivity index (χ1n) is 10.6. The van der Waals surface area contributed by atoms with Crippen LogP contribution in [0.2, 0.25) is 0 Å². The number of carbonyl (C=O) groups is 1. The highest BCUT2D eigenvalue weighted by atomic mass is 16.7. The van der Waals surface area contributed by atoms with Crippen LogP contribution >= 0.6 is 0 Å². The van der Waals surface area contributed by atoms with E-state index in [4.69, 9.17) is 9.47 Å². The lowest BCUT2D eigenvalue weighted by Gasteiger charge is -2.39. The van der Waals surface area contributed by atoms with Gasteiger partial charge in [0.2, 0.25) is 12.2 Å². The van der Waals surface area contributed by atoms with Gasteiger partial charge in [-0.2, -0.15) is 0 Å². The summed E-state index contributed by atoms with van der Waals surface area (Å²) in [7, 11) is 0. The van der Waals surface area contributed by atoms with Crippen molar-refractivity contribution in [3.63, 3.8) is 0 Å². The maximum absolute atomic E-state index is 12.2. The van der Waals surface area contributed by atoms with Crippen LogP contribution in [0.1, 0.15) is 37.4 Å². The van der Waals surface area contributed by atoms with Crippen molar-refractivity contribution in [3.05, 3.63) is 53.9 Å². The fourth-order valence-electron chi connectivity index (χ4n) is 3.34. The van der Waals surface area contributed by atoms with Gasteiger partial charge in [-0.05, 0) is 42.2 Å². The van der Waals surface area contributed by atoms with Crippen LogP contribution in [0, 0.1) is 0 Å². The van der Waals surface area contributed by atoms with Gasteiger partial charge in [-0.25, -0.2) is 0 Å². The Morgan fingerprint density at radius 2 is 1.81 bits per heavy atom. The van der Waals surface area contributed by atoms with Crippen molar-refractivity contribution in [2.24, 2.45) is 0 Å². The second-order valence-electron chi connectivity index (χ2n) is 8.13. The smallest absolute Gasteiger partial charge is 0.229 e. The molecule has 1 aliphatic heterocycles. The molecule has 5 atom stereocenters. The minimum Gasteiger partial charge on any atom is -0.462 e. The predicted octanol–water partition coefficient (Wildman–Crippen LogP) is 0.955. The van der Waals surface area contributed by atoms with Gasteiger partial charge in [0, 0.05) is 12.1 Å². The van der Waals surface area contributed by atoms with Crippen LogP contribution in [0.4, 0.5) is 5.69 Å². The minimum atomic E-state index is -1.50. The molecule has 3 rings (SSSR count). The van der Waals surface area contributed by atoms with Crippen molar-refractivity contribution < 1.29 is 34.7 Å². The van der Waals surface area contributed by atoms with Gasteiger partial charge in [0.1, 0.15) is 30.2 Å². The quantitative estimate of drug-likeness (QED) is 0.404. The van der Waals surface area contributed by atoms with Crippen molar-refractivity contribution >= 4 is 11.6 Å². The lowest BCUT2D eigenvalue weighted by Crippen LogP contribution is -2.60. The number of rotatable bonds is 8. The molecule has 5 N–H and O–H groups in total. The molecule has 9 heteroatoms. The summed E-state index contributed by atoms with van der Waals surface area (Å²) in [6, 6.07) is 10.6. The van der Waals surface area contributed by atoms with E-state index in [1.54, 1.807) is 30.5 Å². The summed E-state index contributed by atoms with van der Waals surface area (Å²) in [6.45, 7) is 3.59. The normalized spacial score (nSPS) is 25.5. The molecule has 2 heterocycles. The minimum absolute atomic E-state index is 0.120. The molecule has 1 fully saturated rings. The first kappa shape index (κ1) is 24.1. The van der Waals surface area contributed by atoms with Crippen molar-refractivity contribution in [2.75, 3.05) is 11.9 Å². The van der Waals surface area contributed by atoms with E-state index >= 15 is 0 Å². The second-order valence-corrected chi connectivity index (χ2v) is 8.13. The Morgan fingerprint density at radius 1 is 1.09 bits per heavy atom. The van der Waals surface area contributed by atoms with Crippen molar-refractivity contribution in [2.45, 2.75) is 63.3 Å². The Morgan fingerprint density at radius 3 is 2.41 bits per heavy atom. The van der Waals surface area contributed by atoms with E-state index in [-0.39, 0.29) is 5.91 Å². The van der Waals surface area contributed by atoms with Crippen LogP contribution in [0.25, 0.3) is 0 Å². The Bertz CT molecular complexity index is 871. The van der Waals surface area contributed by atoms with Gasteiger partial charge in [0.25, 0.3) is 0 Å². The topological polar surface area (TPSA) is 141 Å². The van der Waals surface area contributed by atoms with Crippen LogP contribution in [-0.4, -0.2) is 68.6 Å². The second kappa shape index (κ2) is 10.8. The van der Waals surface area contributed by atoms with E-state index in [9.17, 15) is 25.2 Å². The average molecular weight is 447 g/mol. The van der Waals surface area contributed by atoms with Crippen LogP contribution in [0.3, 0.4) is 0 Å². The molecular weight excluding hydrogens is 416 g/mol. The molecule has 5 unspecified atom stereocenters. The monoisotopic (exact) mass is 446 g/mol. The first-order chi connectivity index (χ1) is 15.3. The average Bonchev–Trinajstić information content (AvgIpc) is 2.79. The maximum atomic E-state index is 12.2. The highest BCUT2D eigenvalue weighted by molar-refractivity contribution is 5.90. The number of aliphatic hydroxyl groups excluding tert-OH is 4. The molecule has 1 aliphatic rings. The van der Waals surface area contributed by atoms with Gasteiger partial charge in [0.15, 0.2) is 0 Å². The molecule has 1 saturated heterocycles. The van der Waals surface area contributed by atoms with E-state index in [0.29, 0.717) is 30.2 Å².